The van der Waals surface area contributed by atoms with E-state index in [4.69, 9.17) is 0 Å². The van der Waals surface area contributed by atoms with Gasteiger partial charge in [0, 0.05) is 15.9 Å². The van der Waals surface area contributed by atoms with Crippen molar-refractivity contribution in [1.82, 2.24) is 4.98 Å². The molecule has 1 aromatic heterocycles. The molecule has 0 saturated heterocycles. The second-order valence-corrected chi connectivity index (χ2v) is 6.24. The molecule has 1 fully saturated rings. The maximum absolute atomic E-state index is 9.53. The molecule has 3 heteroatoms. The number of aromatic nitrogens is 1. The van der Waals surface area contributed by atoms with Crippen molar-refractivity contribution in [3.05, 3.63) is 40.4 Å². The Bertz CT molecular complexity index is 567. The number of aliphatic hydroxyl groups excluding tert-OH is 1. The van der Waals surface area contributed by atoms with Crippen molar-refractivity contribution in [2.24, 2.45) is 0 Å². The lowest BCUT2D eigenvalue weighted by Crippen LogP contribution is -2.11. The summed E-state index contributed by atoms with van der Waals surface area (Å²) in [5, 5.41) is 10.6. The molecule has 94 valence electrons. The molecule has 0 aliphatic heterocycles. The van der Waals surface area contributed by atoms with Gasteiger partial charge in [0.25, 0.3) is 0 Å². The first-order valence-corrected chi connectivity index (χ1v) is 7.12. The molecule has 1 aliphatic rings. The minimum atomic E-state index is 0.0324. The summed E-state index contributed by atoms with van der Waals surface area (Å²) < 4.78 is 0. The average Bonchev–Trinajstić information content (AvgIpc) is 3.08. The monoisotopic (exact) mass is 259 g/mol. The molecular weight excluding hydrogens is 242 g/mol. The fraction of sp³-hybridized carbons (Fsp3) is 0.400. The Morgan fingerprint density at radius 3 is 2.44 bits per heavy atom. The molecule has 1 aromatic carbocycles. The smallest absolute Gasteiger partial charge is 0.123 e. The van der Waals surface area contributed by atoms with E-state index in [1.807, 2.05) is 0 Å². The predicted octanol–water partition coefficient (Wildman–Crippen LogP) is 3.45. The number of aryl methyl sites for hydroxylation is 2. The van der Waals surface area contributed by atoms with Crippen LogP contribution in [0.4, 0.5) is 0 Å². The average molecular weight is 259 g/mol. The normalized spacial score (nSPS) is 16.8. The van der Waals surface area contributed by atoms with E-state index in [2.05, 4.69) is 43.1 Å². The Morgan fingerprint density at radius 1 is 1.22 bits per heavy atom. The van der Waals surface area contributed by atoms with Crippen LogP contribution in [0.15, 0.2) is 24.3 Å². The Balaban J connectivity index is 2.00. The Morgan fingerprint density at radius 2 is 1.89 bits per heavy atom. The van der Waals surface area contributed by atoms with E-state index in [1.165, 1.54) is 16.0 Å². The van der Waals surface area contributed by atoms with Crippen molar-refractivity contribution in [3.63, 3.8) is 0 Å². The van der Waals surface area contributed by atoms with Gasteiger partial charge in [0.05, 0.1) is 12.3 Å². The van der Waals surface area contributed by atoms with Crippen molar-refractivity contribution < 1.29 is 5.11 Å². The second-order valence-electron chi connectivity index (χ2n) is 5.24. The second kappa shape index (κ2) is 4.18. The summed E-state index contributed by atoms with van der Waals surface area (Å²) >= 11 is 1.74. The molecule has 0 radical (unpaired) electrons. The third-order valence-corrected chi connectivity index (χ3v) is 5.19. The SMILES string of the molecule is Cc1ccc(-c2nc(C)c(C3(CO)CC3)s2)cc1. The Kier molecular flexibility index (Phi) is 2.76. The summed E-state index contributed by atoms with van der Waals surface area (Å²) in [5.74, 6) is 0. The summed E-state index contributed by atoms with van der Waals surface area (Å²) in [6.45, 7) is 4.40. The molecule has 0 amide bonds. The lowest BCUT2D eigenvalue weighted by Gasteiger charge is -2.08. The van der Waals surface area contributed by atoms with Gasteiger partial charge in [-0.05, 0) is 26.7 Å². The van der Waals surface area contributed by atoms with Crippen LogP contribution < -0.4 is 0 Å². The Hall–Kier alpha value is -1.19. The number of rotatable bonds is 3. The maximum Gasteiger partial charge on any atom is 0.123 e. The highest BCUT2D eigenvalue weighted by molar-refractivity contribution is 7.15. The first-order valence-electron chi connectivity index (χ1n) is 6.30. The summed E-state index contributed by atoms with van der Waals surface area (Å²) in [6.07, 6.45) is 2.19. The van der Waals surface area contributed by atoms with E-state index in [9.17, 15) is 5.11 Å². The lowest BCUT2D eigenvalue weighted by atomic mass is 10.1. The van der Waals surface area contributed by atoms with Crippen LogP contribution in [0.25, 0.3) is 10.6 Å². The molecule has 1 N–H and O–H groups in total. The van der Waals surface area contributed by atoms with Crippen LogP contribution in [0.5, 0.6) is 0 Å². The van der Waals surface area contributed by atoms with Crippen molar-refractivity contribution in [3.8, 4) is 10.6 Å². The van der Waals surface area contributed by atoms with Gasteiger partial charge < -0.3 is 5.11 Å². The van der Waals surface area contributed by atoms with Gasteiger partial charge in [-0.1, -0.05) is 29.8 Å². The van der Waals surface area contributed by atoms with Gasteiger partial charge in [-0.3, -0.25) is 0 Å². The fourth-order valence-corrected chi connectivity index (χ4v) is 3.62. The molecule has 1 saturated carbocycles. The van der Waals surface area contributed by atoms with Crippen LogP contribution in [-0.2, 0) is 5.41 Å². The zero-order chi connectivity index (χ0) is 12.8. The minimum absolute atomic E-state index is 0.0324. The molecule has 1 heterocycles. The van der Waals surface area contributed by atoms with E-state index in [0.717, 1.165) is 23.5 Å². The number of nitrogens with zero attached hydrogens (tertiary/aromatic N) is 1. The number of hydrogen-bond donors (Lipinski definition) is 1. The van der Waals surface area contributed by atoms with Gasteiger partial charge in [0.15, 0.2) is 0 Å². The van der Waals surface area contributed by atoms with Crippen LogP contribution in [0.1, 0.15) is 29.0 Å². The van der Waals surface area contributed by atoms with E-state index < -0.39 is 0 Å². The van der Waals surface area contributed by atoms with E-state index in [1.54, 1.807) is 11.3 Å². The third-order valence-electron chi connectivity index (χ3n) is 3.73. The van der Waals surface area contributed by atoms with E-state index in [-0.39, 0.29) is 12.0 Å². The van der Waals surface area contributed by atoms with Crippen molar-refractivity contribution >= 4 is 11.3 Å². The zero-order valence-electron chi connectivity index (χ0n) is 10.7. The summed E-state index contributed by atoms with van der Waals surface area (Å²) in [6, 6.07) is 8.47. The van der Waals surface area contributed by atoms with Gasteiger partial charge >= 0.3 is 0 Å². The molecule has 0 unspecified atom stereocenters. The van der Waals surface area contributed by atoms with Crippen LogP contribution in [0, 0.1) is 13.8 Å². The fourth-order valence-electron chi connectivity index (χ4n) is 2.32. The topological polar surface area (TPSA) is 33.1 Å². The molecular formula is C15H17NOS. The molecule has 3 rings (SSSR count). The van der Waals surface area contributed by atoms with Gasteiger partial charge in [-0.2, -0.15) is 0 Å². The summed E-state index contributed by atoms with van der Waals surface area (Å²) in [7, 11) is 0. The molecule has 2 aromatic rings. The van der Waals surface area contributed by atoms with E-state index >= 15 is 0 Å². The van der Waals surface area contributed by atoms with Crippen LogP contribution in [0.3, 0.4) is 0 Å². The van der Waals surface area contributed by atoms with E-state index in [0.29, 0.717) is 0 Å². The van der Waals surface area contributed by atoms with Gasteiger partial charge in [-0.25, -0.2) is 4.98 Å². The zero-order valence-corrected chi connectivity index (χ0v) is 11.5. The molecule has 2 nitrogen and oxygen atoms in total. The first-order chi connectivity index (χ1) is 8.64. The van der Waals surface area contributed by atoms with Gasteiger partial charge in [0.2, 0.25) is 0 Å². The molecule has 18 heavy (non-hydrogen) atoms. The lowest BCUT2D eigenvalue weighted by molar-refractivity contribution is 0.256. The highest BCUT2D eigenvalue weighted by Gasteiger charge is 2.46. The standard InChI is InChI=1S/C15H17NOS/c1-10-3-5-12(6-4-10)14-16-11(2)13(18-14)15(9-17)7-8-15/h3-6,17H,7-9H2,1-2H3. The molecule has 0 spiro atoms. The van der Waals surface area contributed by atoms with Crippen molar-refractivity contribution in [2.45, 2.75) is 32.1 Å². The third kappa shape index (κ3) is 1.88. The first kappa shape index (κ1) is 11.9. The largest absolute Gasteiger partial charge is 0.395 e. The quantitative estimate of drug-likeness (QED) is 0.915. The molecule has 1 aliphatic carbocycles. The van der Waals surface area contributed by atoms with Crippen molar-refractivity contribution in [1.29, 1.82) is 0 Å². The minimum Gasteiger partial charge on any atom is -0.395 e. The number of aliphatic hydroxyl groups is 1. The van der Waals surface area contributed by atoms with Crippen LogP contribution >= 0.6 is 11.3 Å². The number of benzene rings is 1. The Labute approximate surface area is 111 Å². The van der Waals surface area contributed by atoms with Gasteiger partial charge in [-0.15, -0.1) is 11.3 Å². The highest BCUT2D eigenvalue weighted by Crippen LogP contribution is 2.51. The highest BCUT2D eigenvalue weighted by atomic mass is 32.1. The van der Waals surface area contributed by atoms with Crippen LogP contribution in [0.2, 0.25) is 0 Å². The molecule has 0 bridgehead atoms. The molecule has 0 atom stereocenters. The number of thiazole rings is 1. The predicted molar refractivity (Wildman–Crippen MR) is 75.0 cm³/mol. The van der Waals surface area contributed by atoms with Crippen LogP contribution in [-0.4, -0.2) is 16.7 Å². The van der Waals surface area contributed by atoms with Crippen molar-refractivity contribution in [2.75, 3.05) is 6.61 Å². The maximum atomic E-state index is 9.53. The van der Waals surface area contributed by atoms with Gasteiger partial charge in [0.1, 0.15) is 5.01 Å². The number of hydrogen-bond acceptors (Lipinski definition) is 3. The summed E-state index contributed by atoms with van der Waals surface area (Å²) in [4.78, 5) is 5.95. The summed E-state index contributed by atoms with van der Waals surface area (Å²) in [5.41, 5.74) is 3.56.